The van der Waals surface area contributed by atoms with Gasteiger partial charge in [0.05, 0.1) is 24.9 Å². The average Bonchev–Trinajstić information content (AvgIpc) is 3.09. The van der Waals surface area contributed by atoms with Crippen LogP contribution < -0.4 is 5.56 Å². The van der Waals surface area contributed by atoms with Crippen molar-refractivity contribution in [2.24, 2.45) is 0 Å². The van der Waals surface area contributed by atoms with Gasteiger partial charge in [0.1, 0.15) is 20.2 Å². The van der Waals surface area contributed by atoms with E-state index in [-0.39, 0.29) is 17.3 Å². The van der Waals surface area contributed by atoms with E-state index in [2.05, 4.69) is 34.1 Å². The Morgan fingerprint density at radius 1 is 1.42 bits per heavy atom. The number of ether oxygens (including phenoxy) is 2. The first-order chi connectivity index (χ1) is 11.2. The zero-order chi connectivity index (χ0) is 17.5. The normalized spacial score (nSPS) is 24.3. The molecule has 0 saturated heterocycles. The lowest BCUT2D eigenvalue weighted by atomic mass is 10.2. The molecule has 0 amide bonds. The van der Waals surface area contributed by atoms with Gasteiger partial charge in [0, 0.05) is 0 Å². The van der Waals surface area contributed by atoms with E-state index in [0.29, 0.717) is 17.8 Å². The average molecular weight is 347 g/mol. The lowest BCUT2D eigenvalue weighted by Gasteiger charge is -2.34. The quantitative estimate of drug-likeness (QED) is 0.674. The molecule has 3 heterocycles. The van der Waals surface area contributed by atoms with Crippen molar-refractivity contribution in [3.8, 4) is 0 Å². The molecule has 129 valence electrons. The highest BCUT2D eigenvalue weighted by atomic mass is 28.3. The van der Waals surface area contributed by atoms with Crippen molar-refractivity contribution in [3.05, 3.63) is 35.2 Å². The van der Waals surface area contributed by atoms with Gasteiger partial charge in [-0.2, -0.15) is 0 Å². The third-order valence-electron chi connectivity index (χ3n) is 3.96. The molecule has 0 saturated carbocycles. The number of aromatic nitrogens is 4. The maximum Gasteiger partial charge on any atom is 0.278 e. The molecule has 2 aromatic rings. The summed E-state index contributed by atoms with van der Waals surface area (Å²) in [6, 6.07) is 0. The molecule has 0 fully saturated rings. The van der Waals surface area contributed by atoms with Crippen LogP contribution in [-0.2, 0) is 14.8 Å². The van der Waals surface area contributed by atoms with Crippen molar-refractivity contribution in [1.82, 2.24) is 19.5 Å². The van der Waals surface area contributed by atoms with Gasteiger partial charge < -0.3 is 14.5 Å². The van der Waals surface area contributed by atoms with Crippen LogP contribution in [0.2, 0.25) is 13.1 Å². The number of nitrogens with zero attached hydrogens (tertiary/aromatic N) is 3. The fraction of sp³-hybridized carbons (Fsp3) is 0.562. The van der Waals surface area contributed by atoms with Crippen molar-refractivity contribution in [1.29, 1.82) is 0 Å². The van der Waals surface area contributed by atoms with E-state index < -0.39 is 14.1 Å². The first kappa shape index (κ1) is 17.1. The fourth-order valence-corrected chi connectivity index (χ4v) is 4.18. The monoisotopic (exact) mass is 347 g/mol. The van der Waals surface area contributed by atoms with Gasteiger partial charge >= 0.3 is 0 Å². The van der Waals surface area contributed by atoms with E-state index in [4.69, 9.17) is 9.47 Å². The Labute approximate surface area is 142 Å². The van der Waals surface area contributed by atoms with Crippen LogP contribution in [0.15, 0.2) is 29.6 Å². The van der Waals surface area contributed by atoms with Crippen molar-refractivity contribution in [3.63, 3.8) is 0 Å². The van der Waals surface area contributed by atoms with Crippen LogP contribution in [0, 0.1) is 0 Å². The number of aromatic amines is 1. The van der Waals surface area contributed by atoms with Crippen LogP contribution in [0.3, 0.4) is 0 Å². The molecule has 8 heteroatoms. The highest BCUT2D eigenvalue weighted by Crippen LogP contribution is 2.33. The Morgan fingerprint density at radius 2 is 2.17 bits per heavy atom. The Morgan fingerprint density at radius 3 is 2.83 bits per heavy atom. The van der Waals surface area contributed by atoms with E-state index in [9.17, 15) is 4.79 Å². The van der Waals surface area contributed by atoms with E-state index in [1.54, 1.807) is 6.33 Å². The van der Waals surface area contributed by atoms with Gasteiger partial charge in [0.25, 0.3) is 5.56 Å². The van der Waals surface area contributed by atoms with Crippen molar-refractivity contribution >= 4 is 20.0 Å². The molecule has 0 aliphatic carbocycles. The standard InChI is InChI=1S/C16H23N4O3Si/c1-15(2,3)22-8-11-6-7-16(23-11,24(4)5)20-10-19-12-13(20)17-9-18-14(12)21/h6-7,9-11H,8H2,1-5H3,(H,17,18,21)/t11-,16-/m0/s1. The van der Waals surface area contributed by atoms with Crippen LogP contribution in [-0.4, -0.2) is 46.6 Å². The smallest absolute Gasteiger partial charge is 0.278 e. The third-order valence-corrected chi connectivity index (χ3v) is 5.92. The van der Waals surface area contributed by atoms with Crippen molar-refractivity contribution in [2.75, 3.05) is 6.61 Å². The minimum atomic E-state index is -0.976. The highest BCUT2D eigenvalue weighted by molar-refractivity contribution is 6.58. The van der Waals surface area contributed by atoms with Gasteiger partial charge in [-0.1, -0.05) is 19.2 Å². The van der Waals surface area contributed by atoms with E-state index in [0.717, 1.165) is 0 Å². The summed E-state index contributed by atoms with van der Waals surface area (Å²) in [4.78, 5) is 23.0. The van der Waals surface area contributed by atoms with E-state index >= 15 is 0 Å². The van der Waals surface area contributed by atoms with Crippen LogP contribution in [0.1, 0.15) is 20.8 Å². The van der Waals surface area contributed by atoms with Crippen molar-refractivity contribution in [2.45, 2.75) is 50.9 Å². The molecule has 7 nitrogen and oxygen atoms in total. The molecule has 2 aromatic heterocycles. The highest BCUT2D eigenvalue weighted by Gasteiger charge is 2.42. The number of hydrogen-bond donors (Lipinski definition) is 1. The minimum Gasteiger partial charge on any atom is -0.373 e. The fourth-order valence-electron chi connectivity index (χ4n) is 2.72. The molecular weight excluding hydrogens is 324 g/mol. The third kappa shape index (κ3) is 2.96. The summed E-state index contributed by atoms with van der Waals surface area (Å²) in [5.74, 6) is 0. The van der Waals surface area contributed by atoms with Gasteiger partial charge in [0.15, 0.2) is 11.2 Å². The van der Waals surface area contributed by atoms with E-state index in [1.165, 1.54) is 6.33 Å². The molecule has 3 rings (SSSR count). The molecule has 0 bridgehead atoms. The summed E-state index contributed by atoms with van der Waals surface area (Å²) in [5, 5.41) is -0.633. The molecule has 0 spiro atoms. The number of nitrogens with one attached hydrogen (secondary N) is 1. The molecule has 0 unspecified atom stereocenters. The maximum atomic E-state index is 11.9. The second-order valence-electron chi connectivity index (χ2n) is 7.15. The molecule has 2 atom stereocenters. The summed E-state index contributed by atoms with van der Waals surface area (Å²) in [5.41, 5.74) is 0.397. The summed E-state index contributed by atoms with van der Waals surface area (Å²) in [7, 11) is -0.976. The topological polar surface area (TPSA) is 82.0 Å². The Hall–Kier alpha value is -1.77. The molecule has 1 N–H and O–H groups in total. The van der Waals surface area contributed by atoms with Gasteiger partial charge in [-0.05, 0) is 26.8 Å². The number of fused-ring (bicyclic) bond motifs is 1. The lowest BCUT2D eigenvalue weighted by molar-refractivity contribution is -0.0898. The second-order valence-corrected chi connectivity index (χ2v) is 9.87. The summed E-state index contributed by atoms with van der Waals surface area (Å²) in [6.45, 7) is 10.9. The van der Waals surface area contributed by atoms with Gasteiger partial charge in [-0.15, -0.1) is 0 Å². The second kappa shape index (κ2) is 5.94. The van der Waals surface area contributed by atoms with E-state index in [1.807, 2.05) is 31.4 Å². The molecular formula is C16H23N4O3Si. The zero-order valence-electron chi connectivity index (χ0n) is 14.7. The molecule has 0 aromatic carbocycles. The van der Waals surface area contributed by atoms with Crippen LogP contribution in [0.5, 0.6) is 0 Å². The Balaban J connectivity index is 1.95. The summed E-state index contributed by atoms with van der Waals surface area (Å²) < 4.78 is 14.1. The van der Waals surface area contributed by atoms with Crippen molar-refractivity contribution < 1.29 is 9.47 Å². The molecule has 1 aliphatic heterocycles. The van der Waals surface area contributed by atoms with Gasteiger partial charge in [-0.25, -0.2) is 9.97 Å². The number of H-pyrrole nitrogens is 1. The Bertz CT molecular complexity index is 821. The molecule has 24 heavy (non-hydrogen) atoms. The number of imidazole rings is 1. The SMILES string of the molecule is C[Si](C)[C@]1(n2cnc3c(=O)[nH]cnc32)C=C[C@@H](COC(C)(C)C)O1. The predicted molar refractivity (Wildman–Crippen MR) is 93.3 cm³/mol. The summed E-state index contributed by atoms with van der Waals surface area (Å²) in [6.07, 6.45) is 6.99. The molecule has 1 radical (unpaired) electrons. The predicted octanol–water partition coefficient (Wildman–Crippen LogP) is 1.84. The Kier molecular flexibility index (Phi) is 4.23. The molecule has 1 aliphatic rings. The van der Waals surface area contributed by atoms with Crippen LogP contribution in [0.25, 0.3) is 11.2 Å². The zero-order valence-corrected chi connectivity index (χ0v) is 15.7. The van der Waals surface area contributed by atoms with Gasteiger partial charge in [0.2, 0.25) is 0 Å². The summed E-state index contributed by atoms with van der Waals surface area (Å²) >= 11 is 0. The minimum absolute atomic E-state index is 0.136. The lowest BCUT2D eigenvalue weighted by Crippen LogP contribution is -2.45. The largest absolute Gasteiger partial charge is 0.373 e. The first-order valence-corrected chi connectivity index (χ1v) is 10.5. The number of hydrogen-bond acceptors (Lipinski definition) is 5. The first-order valence-electron chi connectivity index (χ1n) is 7.96. The number of rotatable bonds is 4. The van der Waals surface area contributed by atoms with Crippen LogP contribution >= 0.6 is 0 Å². The maximum absolute atomic E-state index is 11.9. The van der Waals surface area contributed by atoms with Gasteiger partial charge in [-0.3, -0.25) is 9.36 Å². The van der Waals surface area contributed by atoms with Crippen LogP contribution in [0.4, 0.5) is 0 Å².